The third-order valence-corrected chi connectivity index (χ3v) is 4.29. The summed E-state index contributed by atoms with van der Waals surface area (Å²) < 4.78 is 13.4. The Balaban J connectivity index is 2.10. The number of rotatable bonds is 5. The number of halogens is 1. The zero-order valence-corrected chi connectivity index (χ0v) is 12.8. The predicted molar refractivity (Wildman–Crippen MR) is 83.6 cm³/mol. The fourth-order valence-corrected chi connectivity index (χ4v) is 3.30. The van der Waals surface area contributed by atoms with Gasteiger partial charge in [0.05, 0.1) is 0 Å². The van der Waals surface area contributed by atoms with Crippen molar-refractivity contribution in [3.8, 4) is 0 Å². The molecule has 0 aliphatic carbocycles. The fraction of sp³-hybridized carbons (Fsp3) is 0.647. The summed E-state index contributed by atoms with van der Waals surface area (Å²) in [5.74, 6) is 0.732. The van der Waals surface area contributed by atoms with Gasteiger partial charge >= 0.3 is 0 Å². The smallest absolute Gasteiger partial charge is 0.123 e. The molecule has 1 heterocycles. The van der Waals surface area contributed by atoms with E-state index >= 15 is 0 Å². The highest BCUT2D eigenvalue weighted by molar-refractivity contribution is 5.54. The van der Waals surface area contributed by atoms with Gasteiger partial charge in [0.25, 0.3) is 0 Å². The van der Waals surface area contributed by atoms with Crippen LogP contribution in [0.4, 0.5) is 10.1 Å². The van der Waals surface area contributed by atoms with Crippen molar-refractivity contribution in [3.63, 3.8) is 0 Å². The van der Waals surface area contributed by atoms with Crippen molar-refractivity contribution in [2.24, 2.45) is 5.92 Å². The minimum absolute atomic E-state index is 0.141. The van der Waals surface area contributed by atoms with Crippen molar-refractivity contribution >= 4 is 5.69 Å². The lowest BCUT2D eigenvalue weighted by atomic mass is 9.96. The maximum absolute atomic E-state index is 13.4. The zero-order chi connectivity index (χ0) is 14.4. The molecular weight excluding hydrogens is 251 g/mol. The summed E-state index contributed by atoms with van der Waals surface area (Å²) >= 11 is 0. The van der Waals surface area contributed by atoms with Gasteiger partial charge in [-0.25, -0.2) is 4.39 Å². The maximum atomic E-state index is 13.4. The molecule has 1 aliphatic rings. The Morgan fingerprint density at radius 1 is 1.30 bits per heavy atom. The van der Waals surface area contributed by atoms with Gasteiger partial charge in [-0.15, -0.1) is 0 Å². The Bertz CT molecular complexity index is 419. The second-order valence-electron chi connectivity index (χ2n) is 5.88. The van der Waals surface area contributed by atoms with Gasteiger partial charge in [0.1, 0.15) is 5.82 Å². The first-order valence-corrected chi connectivity index (χ1v) is 7.92. The standard InChI is InChI=1S/C17H27FN2/c1-3-5-14-6-4-10-20(11-9-14)17-8-7-16(18)12-15(17)13-19-2/h7-8,12,14,19H,3-6,9-11,13H2,1-2H3. The summed E-state index contributed by atoms with van der Waals surface area (Å²) in [4.78, 5) is 2.45. The number of nitrogens with zero attached hydrogens (tertiary/aromatic N) is 1. The van der Waals surface area contributed by atoms with E-state index in [1.165, 1.54) is 37.8 Å². The average molecular weight is 278 g/mol. The number of anilines is 1. The summed E-state index contributed by atoms with van der Waals surface area (Å²) in [5, 5.41) is 3.14. The van der Waals surface area contributed by atoms with E-state index in [0.717, 1.165) is 31.1 Å². The molecular formula is C17H27FN2. The molecule has 20 heavy (non-hydrogen) atoms. The van der Waals surface area contributed by atoms with E-state index in [0.29, 0.717) is 0 Å². The van der Waals surface area contributed by atoms with Crippen LogP contribution in [0.25, 0.3) is 0 Å². The minimum atomic E-state index is -0.141. The van der Waals surface area contributed by atoms with E-state index in [4.69, 9.17) is 0 Å². The van der Waals surface area contributed by atoms with Crippen LogP contribution in [0, 0.1) is 11.7 Å². The molecule has 0 spiro atoms. The Labute approximate surface area is 122 Å². The van der Waals surface area contributed by atoms with Gasteiger partial charge in [-0.2, -0.15) is 0 Å². The van der Waals surface area contributed by atoms with Crippen molar-refractivity contribution in [1.29, 1.82) is 0 Å². The maximum Gasteiger partial charge on any atom is 0.123 e. The molecule has 1 fully saturated rings. The fourth-order valence-electron chi connectivity index (χ4n) is 3.30. The Kier molecular flexibility index (Phi) is 5.84. The van der Waals surface area contributed by atoms with Gasteiger partial charge in [-0.05, 0) is 56.0 Å². The Morgan fingerprint density at radius 2 is 2.15 bits per heavy atom. The Hall–Kier alpha value is -1.09. The number of hydrogen-bond donors (Lipinski definition) is 1. The van der Waals surface area contributed by atoms with Gasteiger partial charge in [-0.3, -0.25) is 0 Å². The number of benzene rings is 1. The summed E-state index contributed by atoms with van der Waals surface area (Å²) in [7, 11) is 1.91. The second kappa shape index (κ2) is 7.63. The van der Waals surface area contributed by atoms with Crippen molar-refractivity contribution < 1.29 is 4.39 Å². The molecule has 2 nitrogen and oxygen atoms in total. The van der Waals surface area contributed by atoms with E-state index in [1.807, 2.05) is 13.1 Å². The minimum Gasteiger partial charge on any atom is -0.371 e. The lowest BCUT2D eigenvalue weighted by Gasteiger charge is -2.26. The number of nitrogens with one attached hydrogen (secondary N) is 1. The monoisotopic (exact) mass is 278 g/mol. The molecule has 3 heteroatoms. The highest BCUT2D eigenvalue weighted by atomic mass is 19.1. The van der Waals surface area contributed by atoms with Gasteiger partial charge in [0, 0.05) is 25.3 Å². The molecule has 1 aliphatic heterocycles. The first-order chi connectivity index (χ1) is 9.74. The molecule has 1 N–H and O–H groups in total. The van der Waals surface area contributed by atoms with Crippen LogP contribution in [-0.2, 0) is 6.54 Å². The van der Waals surface area contributed by atoms with Crippen molar-refractivity contribution in [3.05, 3.63) is 29.6 Å². The van der Waals surface area contributed by atoms with Crippen molar-refractivity contribution in [2.75, 3.05) is 25.0 Å². The molecule has 0 saturated carbocycles. The van der Waals surface area contributed by atoms with Crippen molar-refractivity contribution in [2.45, 2.75) is 45.6 Å². The lowest BCUT2D eigenvalue weighted by molar-refractivity contribution is 0.435. The molecule has 1 atom stereocenters. The van der Waals surface area contributed by atoms with Crippen LogP contribution in [0.2, 0.25) is 0 Å². The Morgan fingerprint density at radius 3 is 2.90 bits per heavy atom. The first kappa shape index (κ1) is 15.3. The van der Waals surface area contributed by atoms with Crippen LogP contribution in [-0.4, -0.2) is 20.1 Å². The van der Waals surface area contributed by atoms with Crippen LogP contribution in [0.5, 0.6) is 0 Å². The highest BCUT2D eigenvalue weighted by Gasteiger charge is 2.18. The van der Waals surface area contributed by atoms with E-state index in [1.54, 1.807) is 12.1 Å². The third kappa shape index (κ3) is 3.95. The molecule has 0 amide bonds. The topological polar surface area (TPSA) is 15.3 Å². The molecule has 1 saturated heterocycles. The van der Waals surface area contributed by atoms with Crippen LogP contribution < -0.4 is 10.2 Å². The van der Waals surface area contributed by atoms with Crippen LogP contribution >= 0.6 is 0 Å². The molecule has 0 radical (unpaired) electrons. The van der Waals surface area contributed by atoms with Crippen molar-refractivity contribution in [1.82, 2.24) is 5.32 Å². The average Bonchev–Trinajstić information content (AvgIpc) is 2.66. The van der Waals surface area contributed by atoms with Gasteiger partial charge < -0.3 is 10.2 Å². The summed E-state index contributed by atoms with van der Waals surface area (Å²) in [6.07, 6.45) is 6.49. The first-order valence-electron chi connectivity index (χ1n) is 7.92. The molecule has 1 aromatic carbocycles. The van der Waals surface area contributed by atoms with E-state index in [9.17, 15) is 4.39 Å². The third-order valence-electron chi connectivity index (χ3n) is 4.29. The number of hydrogen-bond acceptors (Lipinski definition) is 2. The SMILES string of the molecule is CCCC1CCCN(c2ccc(F)cc2CNC)CC1. The zero-order valence-electron chi connectivity index (χ0n) is 12.8. The predicted octanol–water partition coefficient (Wildman–Crippen LogP) is 3.95. The quantitative estimate of drug-likeness (QED) is 0.877. The summed E-state index contributed by atoms with van der Waals surface area (Å²) in [6.45, 7) is 5.20. The molecule has 112 valence electrons. The van der Waals surface area contributed by atoms with Gasteiger partial charge in [-0.1, -0.05) is 19.8 Å². The summed E-state index contributed by atoms with van der Waals surface area (Å²) in [5.41, 5.74) is 2.28. The van der Waals surface area contributed by atoms with E-state index < -0.39 is 0 Å². The normalized spacial score (nSPS) is 19.9. The molecule has 2 rings (SSSR count). The van der Waals surface area contributed by atoms with Crippen LogP contribution in [0.3, 0.4) is 0 Å². The molecule has 0 bridgehead atoms. The van der Waals surface area contributed by atoms with Crippen LogP contribution in [0.15, 0.2) is 18.2 Å². The van der Waals surface area contributed by atoms with Crippen LogP contribution in [0.1, 0.15) is 44.6 Å². The van der Waals surface area contributed by atoms with Gasteiger partial charge in [0.15, 0.2) is 0 Å². The van der Waals surface area contributed by atoms with E-state index in [-0.39, 0.29) is 5.82 Å². The summed E-state index contributed by atoms with van der Waals surface area (Å²) in [6, 6.07) is 5.20. The van der Waals surface area contributed by atoms with Gasteiger partial charge in [0.2, 0.25) is 0 Å². The molecule has 1 aromatic rings. The molecule has 0 aromatic heterocycles. The largest absolute Gasteiger partial charge is 0.371 e. The highest BCUT2D eigenvalue weighted by Crippen LogP contribution is 2.28. The van der Waals surface area contributed by atoms with E-state index in [2.05, 4.69) is 17.1 Å². The lowest BCUT2D eigenvalue weighted by Crippen LogP contribution is -2.26. The molecule has 1 unspecified atom stereocenters. The second-order valence-corrected chi connectivity index (χ2v) is 5.88.